The van der Waals surface area contributed by atoms with Crippen molar-refractivity contribution in [3.63, 3.8) is 0 Å². The van der Waals surface area contributed by atoms with Crippen LogP contribution in [0.1, 0.15) is 49.7 Å². The lowest BCUT2D eigenvalue weighted by Gasteiger charge is -2.34. The number of likely N-dealkylation sites (tertiary alicyclic amines) is 1. The first-order valence-corrected chi connectivity index (χ1v) is 12.0. The third-order valence-electron chi connectivity index (χ3n) is 7.62. The Bertz CT molecular complexity index is 1090. The Hall–Kier alpha value is -3.35. The van der Waals surface area contributed by atoms with E-state index in [4.69, 9.17) is 4.74 Å². The zero-order chi connectivity index (χ0) is 23.9. The van der Waals surface area contributed by atoms with Gasteiger partial charge < -0.3 is 20.1 Å². The summed E-state index contributed by atoms with van der Waals surface area (Å²) in [5, 5.41) is 12.4. The van der Waals surface area contributed by atoms with E-state index < -0.39 is 17.6 Å². The zero-order valence-corrected chi connectivity index (χ0v) is 19.3. The number of carbonyl (C=O) groups excluding carboxylic acids is 2. The van der Waals surface area contributed by atoms with E-state index in [0.29, 0.717) is 19.5 Å². The molecule has 2 amide bonds. The summed E-state index contributed by atoms with van der Waals surface area (Å²) in [7, 11) is 0. The van der Waals surface area contributed by atoms with Gasteiger partial charge in [0.2, 0.25) is 5.91 Å². The van der Waals surface area contributed by atoms with Crippen LogP contribution in [0.5, 0.6) is 0 Å². The molecule has 2 aromatic carbocycles. The van der Waals surface area contributed by atoms with Crippen LogP contribution < -0.4 is 5.32 Å². The summed E-state index contributed by atoms with van der Waals surface area (Å²) in [6, 6.07) is 16.3. The van der Waals surface area contributed by atoms with E-state index in [1.165, 1.54) is 11.1 Å². The molecule has 0 aromatic heterocycles. The van der Waals surface area contributed by atoms with Gasteiger partial charge in [0.1, 0.15) is 12.1 Å². The number of ether oxygens (including phenoxy) is 1. The minimum atomic E-state index is -0.991. The van der Waals surface area contributed by atoms with Crippen molar-refractivity contribution >= 4 is 18.0 Å². The molecule has 2 fully saturated rings. The van der Waals surface area contributed by atoms with Crippen molar-refractivity contribution in [2.24, 2.45) is 11.8 Å². The number of nitrogens with zero attached hydrogens (tertiary/aromatic N) is 1. The summed E-state index contributed by atoms with van der Waals surface area (Å²) in [4.78, 5) is 38.6. The number of carboxylic acid groups (broad SMARTS) is 1. The molecule has 1 saturated heterocycles. The Morgan fingerprint density at radius 2 is 1.76 bits per heavy atom. The fourth-order valence-electron chi connectivity index (χ4n) is 5.80. The number of carbonyl (C=O) groups is 3. The van der Waals surface area contributed by atoms with Crippen LogP contribution in [0, 0.1) is 11.8 Å². The Morgan fingerprint density at radius 3 is 2.41 bits per heavy atom. The average molecular weight is 463 g/mol. The van der Waals surface area contributed by atoms with E-state index in [1.54, 1.807) is 4.90 Å². The number of carboxylic acids is 1. The van der Waals surface area contributed by atoms with E-state index in [-0.39, 0.29) is 36.7 Å². The summed E-state index contributed by atoms with van der Waals surface area (Å²) in [5.41, 5.74) is 3.67. The number of fused-ring (bicyclic) bond motifs is 4. The number of benzene rings is 2. The SMILES string of the molecule is CC(CNC(=O)OCC1c2ccccc2-c2ccccc21)CC(=O)N1CCCC2CC21C(=O)O. The first-order chi connectivity index (χ1) is 16.4. The van der Waals surface area contributed by atoms with Crippen LogP contribution >= 0.6 is 0 Å². The molecule has 1 saturated carbocycles. The third-order valence-corrected chi connectivity index (χ3v) is 7.62. The molecule has 0 radical (unpaired) electrons. The normalized spacial score (nSPS) is 23.3. The van der Waals surface area contributed by atoms with E-state index in [2.05, 4.69) is 29.6 Å². The van der Waals surface area contributed by atoms with Gasteiger partial charge in [-0.3, -0.25) is 4.79 Å². The van der Waals surface area contributed by atoms with E-state index in [0.717, 1.165) is 24.0 Å². The Balaban J connectivity index is 1.12. The molecule has 34 heavy (non-hydrogen) atoms. The molecule has 0 spiro atoms. The highest BCUT2D eigenvalue weighted by Crippen LogP contribution is 2.54. The van der Waals surface area contributed by atoms with Crippen LogP contribution in [0.4, 0.5) is 4.79 Å². The van der Waals surface area contributed by atoms with Crippen molar-refractivity contribution in [1.82, 2.24) is 10.2 Å². The van der Waals surface area contributed by atoms with Gasteiger partial charge in [-0.25, -0.2) is 9.59 Å². The number of rotatable bonds is 7. The smallest absolute Gasteiger partial charge is 0.407 e. The fourth-order valence-corrected chi connectivity index (χ4v) is 5.80. The fraction of sp³-hybridized carbons (Fsp3) is 0.444. The lowest BCUT2D eigenvalue weighted by Crippen LogP contribution is -2.51. The standard InChI is InChI=1S/C27H30N2O5/c1-17(13-24(30)29-12-6-7-18-14-27(18,29)25(31)32)15-28-26(33)34-16-23-21-10-4-2-8-19(21)20-9-3-5-11-22(20)23/h2-5,8-11,17-18,23H,6-7,12-16H2,1H3,(H,28,33)(H,31,32). The molecular weight excluding hydrogens is 432 g/mol. The van der Waals surface area contributed by atoms with Crippen molar-refractivity contribution in [3.8, 4) is 11.1 Å². The van der Waals surface area contributed by atoms with E-state index in [9.17, 15) is 19.5 Å². The van der Waals surface area contributed by atoms with Crippen molar-refractivity contribution < 1.29 is 24.2 Å². The number of hydrogen-bond donors (Lipinski definition) is 2. The Kier molecular flexibility index (Phi) is 5.80. The molecule has 2 N–H and O–H groups in total. The molecule has 3 unspecified atom stereocenters. The number of aliphatic carboxylic acids is 1. The molecular formula is C27H30N2O5. The van der Waals surface area contributed by atoms with Gasteiger partial charge in [0.25, 0.3) is 0 Å². The van der Waals surface area contributed by atoms with Gasteiger partial charge in [-0.1, -0.05) is 55.5 Å². The van der Waals surface area contributed by atoms with Gasteiger partial charge in [-0.15, -0.1) is 0 Å². The summed E-state index contributed by atoms with van der Waals surface area (Å²) >= 11 is 0. The van der Waals surface area contributed by atoms with Gasteiger partial charge in [-0.2, -0.15) is 0 Å². The lowest BCUT2D eigenvalue weighted by atomic mass is 9.98. The largest absolute Gasteiger partial charge is 0.479 e. The van der Waals surface area contributed by atoms with Crippen molar-refractivity contribution in [3.05, 3.63) is 59.7 Å². The van der Waals surface area contributed by atoms with Gasteiger partial charge in [0.05, 0.1) is 0 Å². The maximum absolute atomic E-state index is 12.9. The molecule has 5 rings (SSSR count). The second-order valence-corrected chi connectivity index (χ2v) is 9.83. The number of alkyl carbamates (subject to hydrolysis) is 1. The highest BCUT2D eigenvalue weighted by atomic mass is 16.5. The van der Waals surface area contributed by atoms with Crippen LogP contribution in [0.15, 0.2) is 48.5 Å². The Labute approximate surface area is 199 Å². The molecule has 1 heterocycles. The van der Waals surface area contributed by atoms with Crippen LogP contribution in [0.3, 0.4) is 0 Å². The summed E-state index contributed by atoms with van der Waals surface area (Å²) < 4.78 is 5.56. The third kappa shape index (κ3) is 3.83. The molecule has 0 bridgehead atoms. The second-order valence-electron chi connectivity index (χ2n) is 9.83. The molecule has 3 aliphatic rings. The average Bonchev–Trinajstić information content (AvgIpc) is 3.52. The number of amides is 2. The number of nitrogens with one attached hydrogen (secondary N) is 1. The number of piperidine rings is 1. The molecule has 2 aliphatic carbocycles. The zero-order valence-electron chi connectivity index (χ0n) is 19.3. The monoisotopic (exact) mass is 462 g/mol. The first-order valence-electron chi connectivity index (χ1n) is 12.0. The maximum atomic E-state index is 12.9. The van der Waals surface area contributed by atoms with Crippen LogP contribution in [-0.2, 0) is 14.3 Å². The van der Waals surface area contributed by atoms with Gasteiger partial charge in [0, 0.05) is 25.4 Å². The summed E-state index contributed by atoms with van der Waals surface area (Å²) in [6.07, 6.45) is 1.96. The summed E-state index contributed by atoms with van der Waals surface area (Å²) in [6.45, 7) is 2.90. The molecule has 178 valence electrons. The first kappa shape index (κ1) is 22.4. The number of hydrogen-bond acceptors (Lipinski definition) is 4. The van der Waals surface area contributed by atoms with Crippen molar-refractivity contribution in [2.45, 2.75) is 44.1 Å². The quantitative estimate of drug-likeness (QED) is 0.648. The van der Waals surface area contributed by atoms with Crippen LogP contribution in [-0.4, -0.2) is 53.2 Å². The predicted molar refractivity (Wildman–Crippen MR) is 126 cm³/mol. The van der Waals surface area contributed by atoms with E-state index in [1.807, 2.05) is 31.2 Å². The second kappa shape index (κ2) is 8.78. The molecule has 3 atom stereocenters. The highest BCUT2D eigenvalue weighted by molar-refractivity contribution is 5.90. The molecule has 7 nitrogen and oxygen atoms in total. The topological polar surface area (TPSA) is 95.9 Å². The molecule has 7 heteroatoms. The molecule has 2 aromatic rings. The lowest BCUT2D eigenvalue weighted by molar-refractivity contribution is -0.155. The van der Waals surface area contributed by atoms with Gasteiger partial charge >= 0.3 is 12.1 Å². The maximum Gasteiger partial charge on any atom is 0.407 e. The summed E-state index contributed by atoms with van der Waals surface area (Å²) in [5.74, 6) is -1.09. The molecule has 1 aliphatic heterocycles. The van der Waals surface area contributed by atoms with E-state index >= 15 is 0 Å². The minimum Gasteiger partial charge on any atom is -0.479 e. The highest BCUT2D eigenvalue weighted by Gasteiger charge is 2.66. The Morgan fingerprint density at radius 1 is 1.12 bits per heavy atom. The predicted octanol–water partition coefficient (Wildman–Crippen LogP) is 4.02. The van der Waals surface area contributed by atoms with Crippen molar-refractivity contribution in [1.29, 1.82) is 0 Å². The minimum absolute atomic E-state index is 0.00468. The van der Waals surface area contributed by atoms with Crippen LogP contribution in [0.25, 0.3) is 11.1 Å². The van der Waals surface area contributed by atoms with Gasteiger partial charge in [0.15, 0.2) is 0 Å². The van der Waals surface area contributed by atoms with Crippen LogP contribution in [0.2, 0.25) is 0 Å². The van der Waals surface area contributed by atoms with Gasteiger partial charge in [-0.05, 0) is 53.4 Å². The van der Waals surface area contributed by atoms with Crippen molar-refractivity contribution in [2.75, 3.05) is 19.7 Å².